The Morgan fingerprint density at radius 1 is 1.22 bits per heavy atom. The molecular weight excluding hydrogens is 361 g/mol. The molecule has 0 unspecified atom stereocenters. The summed E-state index contributed by atoms with van der Waals surface area (Å²) < 4.78 is 19.4. The van der Waals surface area contributed by atoms with Gasteiger partial charge >= 0.3 is 0 Å². The van der Waals surface area contributed by atoms with Crippen LogP contribution in [0.4, 0.5) is 4.39 Å². The van der Waals surface area contributed by atoms with Gasteiger partial charge in [0.15, 0.2) is 0 Å². The van der Waals surface area contributed by atoms with Gasteiger partial charge in [-0.3, -0.25) is 4.79 Å². The van der Waals surface area contributed by atoms with E-state index in [9.17, 15) is 9.18 Å². The van der Waals surface area contributed by atoms with Gasteiger partial charge in [0.1, 0.15) is 5.82 Å². The first-order valence-corrected chi connectivity index (χ1v) is 8.17. The summed E-state index contributed by atoms with van der Waals surface area (Å²) >= 11 is 3.26. The fraction of sp³-hybridized carbons (Fsp3) is 0.278. The van der Waals surface area contributed by atoms with Crippen molar-refractivity contribution in [1.29, 1.82) is 0 Å². The molecule has 1 N–H and O–H groups in total. The Hall–Kier alpha value is -1.72. The quantitative estimate of drug-likeness (QED) is 0.805. The van der Waals surface area contributed by atoms with Crippen LogP contribution in [0.3, 0.4) is 0 Å². The van der Waals surface area contributed by atoms with E-state index < -0.39 is 5.82 Å². The highest BCUT2D eigenvalue weighted by molar-refractivity contribution is 9.10. The monoisotopic (exact) mass is 379 g/mol. The van der Waals surface area contributed by atoms with Crippen molar-refractivity contribution in [2.24, 2.45) is 0 Å². The maximum atomic E-state index is 13.3. The van der Waals surface area contributed by atoms with E-state index in [-0.39, 0.29) is 17.6 Å². The lowest BCUT2D eigenvalue weighted by molar-refractivity contribution is 0.0657. The lowest BCUT2D eigenvalue weighted by Gasteiger charge is -2.10. The van der Waals surface area contributed by atoms with Crippen molar-refractivity contribution >= 4 is 21.8 Å². The molecule has 3 nitrogen and oxygen atoms in total. The van der Waals surface area contributed by atoms with E-state index in [1.165, 1.54) is 18.2 Å². The molecule has 122 valence electrons. The second-order valence-corrected chi connectivity index (χ2v) is 6.34. The number of carbonyl (C=O) groups excluding carboxylic acids is 1. The number of ether oxygens (including phenoxy) is 1. The molecular formula is C18H19BrFNO2. The van der Waals surface area contributed by atoms with Crippen LogP contribution in [0.1, 0.15) is 35.3 Å². The van der Waals surface area contributed by atoms with E-state index in [1.54, 1.807) is 0 Å². The number of amides is 1. The largest absolute Gasteiger partial charge is 0.374 e. The minimum atomic E-state index is -0.439. The summed E-state index contributed by atoms with van der Waals surface area (Å²) in [7, 11) is 0. The number of hydrogen-bond donors (Lipinski definition) is 1. The molecule has 2 aromatic rings. The molecule has 2 rings (SSSR count). The zero-order valence-corrected chi connectivity index (χ0v) is 14.7. The van der Waals surface area contributed by atoms with Crippen molar-refractivity contribution in [3.8, 4) is 0 Å². The average Bonchev–Trinajstić information content (AvgIpc) is 2.53. The first-order valence-electron chi connectivity index (χ1n) is 7.38. The molecule has 0 spiro atoms. The fourth-order valence-electron chi connectivity index (χ4n) is 2.04. The molecule has 0 bridgehead atoms. The first-order chi connectivity index (χ1) is 11.0. The second-order valence-electron chi connectivity index (χ2n) is 5.49. The Morgan fingerprint density at radius 3 is 2.70 bits per heavy atom. The molecule has 0 saturated carbocycles. The van der Waals surface area contributed by atoms with E-state index >= 15 is 0 Å². The zero-order valence-electron chi connectivity index (χ0n) is 13.1. The Bertz CT molecular complexity index is 688. The van der Waals surface area contributed by atoms with Crippen molar-refractivity contribution in [2.45, 2.75) is 33.1 Å². The topological polar surface area (TPSA) is 38.3 Å². The van der Waals surface area contributed by atoms with Crippen molar-refractivity contribution in [1.82, 2.24) is 5.32 Å². The standard InChI is InChI=1S/C18H19BrFNO2/c1-12(2)23-11-14-5-3-4-13(8-14)10-21-18(22)16-9-15(20)6-7-17(16)19/h3-9,12H,10-11H2,1-2H3,(H,21,22). The van der Waals surface area contributed by atoms with Crippen LogP contribution in [-0.2, 0) is 17.9 Å². The smallest absolute Gasteiger partial charge is 0.252 e. The van der Waals surface area contributed by atoms with E-state index in [4.69, 9.17) is 4.74 Å². The summed E-state index contributed by atoms with van der Waals surface area (Å²) in [4.78, 5) is 12.2. The van der Waals surface area contributed by atoms with Crippen LogP contribution >= 0.6 is 15.9 Å². The number of nitrogens with one attached hydrogen (secondary N) is 1. The van der Waals surface area contributed by atoms with Gasteiger partial charge in [-0.2, -0.15) is 0 Å². The van der Waals surface area contributed by atoms with Gasteiger partial charge in [-0.25, -0.2) is 4.39 Å². The summed E-state index contributed by atoms with van der Waals surface area (Å²) in [6.07, 6.45) is 0.170. The molecule has 0 aromatic heterocycles. The van der Waals surface area contributed by atoms with Gasteiger partial charge in [-0.15, -0.1) is 0 Å². The highest BCUT2D eigenvalue weighted by Gasteiger charge is 2.11. The van der Waals surface area contributed by atoms with E-state index in [1.807, 2.05) is 38.1 Å². The van der Waals surface area contributed by atoms with Crippen molar-refractivity contribution in [3.63, 3.8) is 0 Å². The zero-order chi connectivity index (χ0) is 16.8. The highest BCUT2D eigenvalue weighted by Crippen LogP contribution is 2.18. The van der Waals surface area contributed by atoms with Crippen LogP contribution in [0.15, 0.2) is 46.9 Å². The van der Waals surface area contributed by atoms with Gasteiger partial charge < -0.3 is 10.1 Å². The molecule has 0 aliphatic carbocycles. The van der Waals surface area contributed by atoms with Crippen LogP contribution in [0.2, 0.25) is 0 Å². The van der Waals surface area contributed by atoms with Crippen LogP contribution < -0.4 is 5.32 Å². The molecule has 23 heavy (non-hydrogen) atoms. The van der Waals surface area contributed by atoms with Gasteiger partial charge in [-0.05, 0) is 59.1 Å². The summed E-state index contributed by atoms with van der Waals surface area (Å²) in [6.45, 7) is 4.88. The molecule has 0 atom stereocenters. The van der Waals surface area contributed by atoms with Gasteiger partial charge in [-0.1, -0.05) is 24.3 Å². The van der Waals surface area contributed by atoms with Gasteiger partial charge in [0.05, 0.1) is 18.3 Å². The van der Waals surface area contributed by atoms with E-state index in [0.29, 0.717) is 17.6 Å². The SMILES string of the molecule is CC(C)OCc1cccc(CNC(=O)c2cc(F)ccc2Br)c1. The first kappa shape index (κ1) is 17.6. The van der Waals surface area contributed by atoms with E-state index in [2.05, 4.69) is 21.2 Å². The molecule has 5 heteroatoms. The van der Waals surface area contributed by atoms with Crippen molar-refractivity contribution in [3.05, 3.63) is 69.4 Å². The van der Waals surface area contributed by atoms with E-state index in [0.717, 1.165) is 11.1 Å². The Kier molecular flexibility index (Phi) is 6.30. The van der Waals surface area contributed by atoms with Gasteiger partial charge in [0, 0.05) is 11.0 Å². The third-order valence-electron chi connectivity index (χ3n) is 3.20. The number of benzene rings is 2. The van der Waals surface area contributed by atoms with Crippen LogP contribution in [0.5, 0.6) is 0 Å². The lowest BCUT2D eigenvalue weighted by atomic mass is 10.1. The fourth-order valence-corrected chi connectivity index (χ4v) is 2.47. The predicted molar refractivity (Wildman–Crippen MR) is 91.6 cm³/mol. The lowest BCUT2D eigenvalue weighted by Crippen LogP contribution is -2.23. The number of carbonyl (C=O) groups is 1. The number of halogens is 2. The van der Waals surface area contributed by atoms with Gasteiger partial charge in [0.25, 0.3) is 5.91 Å². The van der Waals surface area contributed by atoms with Crippen molar-refractivity contribution < 1.29 is 13.9 Å². The molecule has 0 heterocycles. The summed E-state index contributed by atoms with van der Waals surface area (Å²) in [5.41, 5.74) is 2.30. The minimum absolute atomic E-state index is 0.170. The maximum Gasteiger partial charge on any atom is 0.252 e. The number of rotatable bonds is 6. The minimum Gasteiger partial charge on any atom is -0.374 e. The molecule has 0 saturated heterocycles. The second kappa shape index (κ2) is 8.22. The third kappa shape index (κ3) is 5.44. The van der Waals surface area contributed by atoms with Crippen LogP contribution in [-0.4, -0.2) is 12.0 Å². The summed E-state index contributed by atoms with van der Waals surface area (Å²) in [5.74, 6) is -0.758. The third-order valence-corrected chi connectivity index (χ3v) is 3.89. The maximum absolute atomic E-state index is 13.3. The molecule has 0 aliphatic rings. The number of hydrogen-bond acceptors (Lipinski definition) is 2. The Labute approximate surface area is 144 Å². The normalized spacial score (nSPS) is 10.8. The van der Waals surface area contributed by atoms with Crippen LogP contribution in [0.25, 0.3) is 0 Å². The molecule has 2 aromatic carbocycles. The van der Waals surface area contributed by atoms with Crippen molar-refractivity contribution in [2.75, 3.05) is 0 Å². The Morgan fingerprint density at radius 2 is 1.96 bits per heavy atom. The molecule has 0 aliphatic heterocycles. The summed E-state index contributed by atoms with van der Waals surface area (Å²) in [6, 6.07) is 11.9. The molecule has 0 fully saturated rings. The molecule has 0 radical (unpaired) electrons. The predicted octanol–water partition coefficient (Wildman–Crippen LogP) is 4.44. The van der Waals surface area contributed by atoms with Crippen LogP contribution in [0, 0.1) is 5.82 Å². The molecule has 1 amide bonds. The van der Waals surface area contributed by atoms with Gasteiger partial charge in [0.2, 0.25) is 0 Å². The highest BCUT2D eigenvalue weighted by atomic mass is 79.9. The summed E-state index contributed by atoms with van der Waals surface area (Å²) in [5, 5.41) is 2.80. The Balaban J connectivity index is 1.99. The average molecular weight is 380 g/mol.